The molecule has 0 aromatic heterocycles. The molecule has 0 aliphatic carbocycles. The van der Waals surface area contributed by atoms with Crippen LogP contribution in [-0.4, -0.2) is 37.5 Å². The van der Waals surface area contributed by atoms with Gasteiger partial charge in [-0.3, -0.25) is 9.59 Å². The summed E-state index contributed by atoms with van der Waals surface area (Å²) in [4.78, 5) is 34.7. The molecule has 2 amide bonds. The van der Waals surface area contributed by atoms with E-state index in [0.717, 1.165) is 5.56 Å². The zero-order valence-corrected chi connectivity index (χ0v) is 13.5. The van der Waals surface area contributed by atoms with Crippen molar-refractivity contribution in [1.82, 2.24) is 5.32 Å². The van der Waals surface area contributed by atoms with Gasteiger partial charge < -0.3 is 20.1 Å². The predicted octanol–water partition coefficient (Wildman–Crippen LogP) is 1.42. The largest absolute Gasteiger partial charge is 0.495 e. The molecule has 0 saturated carbocycles. The maximum absolute atomic E-state index is 11.9. The Morgan fingerprint density at radius 1 is 1.43 bits per heavy atom. The molecule has 1 aliphatic rings. The summed E-state index contributed by atoms with van der Waals surface area (Å²) in [5, 5.41) is 5.59. The summed E-state index contributed by atoms with van der Waals surface area (Å²) in [5.74, 6) is -0.922. The summed E-state index contributed by atoms with van der Waals surface area (Å²) in [5.41, 5.74) is 1.21. The van der Waals surface area contributed by atoms with Crippen molar-refractivity contribution >= 4 is 35.1 Å². The topological polar surface area (TPSA) is 93.7 Å². The molecule has 1 aliphatic heterocycles. The highest BCUT2D eigenvalue weighted by Crippen LogP contribution is 2.30. The van der Waals surface area contributed by atoms with Crippen LogP contribution in [0.3, 0.4) is 0 Å². The molecule has 0 bridgehead atoms. The van der Waals surface area contributed by atoms with Crippen LogP contribution < -0.4 is 15.4 Å². The smallest absolute Gasteiger partial charge is 0.329 e. The van der Waals surface area contributed by atoms with Crippen LogP contribution in [0.25, 0.3) is 0 Å². The SMILES string of the molecule is COc1cc(Cl)c(C)cc1NC(=O)COC(=O)C1CCC(=O)N1. The maximum Gasteiger partial charge on any atom is 0.329 e. The molecule has 1 saturated heterocycles. The summed E-state index contributed by atoms with van der Waals surface area (Å²) in [7, 11) is 1.46. The Balaban J connectivity index is 1.91. The quantitative estimate of drug-likeness (QED) is 0.791. The Kier molecular flexibility index (Phi) is 5.44. The number of carbonyl (C=O) groups is 3. The van der Waals surface area contributed by atoms with Crippen molar-refractivity contribution in [3.8, 4) is 5.75 Å². The van der Waals surface area contributed by atoms with Gasteiger partial charge >= 0.3 is 5.97 Å². The Morgan fingerprint density at radius 2 is 2.17 bits per heavy atom. The van der Waals surface area contributed by atoms with Gasteiger partial charge in [-0.1, -0.05) is 11.6 Å². The molecule has 1 unspecified atom stereocenters. The first-order valence-corrected chi connectivity index (χ1v) is 7.38. The van der Waals surface area contributed by atoms with E-state index >= 15 is 0 Å². The first-order valence-electron chi connectivity index (χ1n) is 7.00. The van der Waals surface area contributed by atoms with Crippen LogP contribution in [0.1, 0.15) is 18.4 Å². The summed E-state index contributed by atoms with van der Waals surface area (Å²) >= 11 is 5.99. The van der Waals surface area contributed by atoms with Crippen molar-refractivity contribution in [3.63, 3.8) is 0 Å². The lowest BCUT2D eigenvalue weighted by atomic mass is 10.2. The van der Waals surface area contributed by atoms with Crippen molar-refractivity contribution in [2.75, 3.05) is 19.0 Å². The van der Waals surface area contributed by atoms with E-state index in [4.69, 9.17) is 21.1 Å². The van der Waals surface area contributed by atoms with Gasteiger partial charge in [-0.2, -0.15) is 0 Å². The number of amides is 2. The third kappa shape index (κ3) is 4.35. The fourth-order valence-corrected chi connectivity index (χ4v) is 2.30. The van der Waals surface area contributed by atoms with Gasteiger partial charge in [0.2, 0.25) is 5.91 Å². The second-order valence-electron chi connectivity index (χ2n) is 5.12. The molecule has 1 aromatic carbocycles. The molecule has 2 N–H and O–H groups in total. The molecule has 7 nitrogen and oxygen atoms in total. The molecule has 1 fully saturated rings. The molecule has 8 heteroatoms. The number of hydrogen-bond acceptors (Lipinski definition) is 5. The molecule has 124 valence electrons. The average Bonchev–Trinajstić information content (AvgIpc) is 2.95. The highest BCUT2D eigenvalue weighted by Gasteiger charge is 2.28. The Labute approximate surface area is 138 Å². The highest BCUT2D eigenvalue weighted by atomic mass is 35.5. The zero-order valence-electron chi connectivity index (χ0n) is 12.8. The number of benzene rings is 1. The minimum absolute atomic E-state index is 0.197. The molecule has 1 atom stereocenters. The van der Waals surface area contributed by atoms with E-state index in [1.807, 2.05) is 0 Å². The van der Waals surface area contributed by atoms with Gasteiger partial charge in [-0.25, -0.2) is 4.79 Å². The third-order valence-electron chi connectivity index (χ3n) is 3.38. The highest BCUT2D eigenvalue weighted by molar-refractivity contribution is 6.31. The Bertz CT molecular complexity index is 647. The number of nitrogens with one attached hydrogen (secondary N) is 2. The van der Waals surface area contributed by atoms with E-state index < -0.39 is 24.5 Å². The molecule has 23 heavy (non-hydrogen) atoms. The molecule has 1 aromatic rings. The minimum Gasteiger partial charge on any atom is -0.495 e. The second kappa shape index (κ2) is 7.32. The molecule has 0 spiro atoms. The number of ether oxygens (including phenoxy) is 2. The normalized spacial score (nSPS) is 16.7. The standard InChI is InChI=1S/C15H17ClN2O5/c1-8-5-11(12(22-2)6-9(8)16)18-14(20)7-23-15(21)10-3-4-13(19)17-10/h5-6,10H,3-4,7H2,1-2H3,(H,17,19)(H,18,20). The summed E-state index contributed by atoms with van der Waals surface area (Å²) < 4.78 is 10.0. The molecular weight excluding hydrogens is 324 g/mol. The molecular formula is C15H17ClN2O5. The van der Waals surface area contributed by atoms with Crippen molar-refractivity contribution in [2.24, 2.45) is 0 Å². The molecule has 1 heterocycles. The monoisotopic (exact) mass is 340 g/mol. The fraction of sp³-hybridized carbons (Fsp3) is 0.400. The van der Waals surface area contributed by atoms with Gasteiger partial charge in [0.05, 0.1) is 12.8 Å². The Morgan fingerprint density at radius 3 is 2.78 bits per heavy atom. The number of anilines is 1. The number of hydrogen-bond donors (Lipinski definition) is 2. The zero-order chi connectivity index (χ0) is 17.0. The molecule has 0 radical (unpaired) electrons. The van der Waals surface area contributed by atoms with Crippen molar-refractivity contribution in [3.05, 3.63) is 22.7 Å². The van der Waals surface area contributed by atoms with Crippen molar-refractivity contribution in [1.29, 1.82) is 0 Å². The van der Waals surface area contributed by atoms with Gasteiger partial charge in [-0.15, -0.1) is 0 Å². The lowest BCUT2D eigenvalue weighted by molar-refractivity contribution is -0.149. The predicted molar refractivity (Wildman–Crippen MR) is 83.5 cm³/mol. The lowest BCUT2D eigenvalue weighted by Gasteiger charge is -2.13. The van der Waals surface area contributed by atoms with Gasteiger partial charge in [-0.05, 0) is 25.0 Å². The van der Waals surface area contributed by atoms with Crippen LogP contribution in [0.5, 0.6) is 5.75 Å². The van der Waals surface area contributed by atoms with E-state index in [-0.39, 0.29) is 12.3 Å². The summed E-state index contributed by atoms with van der Waals surface area (Å²) in [6.45, 7) is 1.34. The van der Waals surface area contributed by atoms with Crippen LogP contribution in [0.15, 0.2) is 12.1 Å². The van der Waals surface area contributed by atoms with E-state index in [0.29, 0.717) is 22.9 Å². The Hall–Kier alpha value is -2.28. The van der Waals surface area contributed by atoms with Gasteiger partial charge in [0.25, 0.3) is 5.91 Å². The third-order valence-corrected chi connectivity index (χ3v) is 3.79. The van der Waals surface area contributed by atoms with Gasteiger partial charge in [0.15, 0.2) is 6.61 Å². The maximum atomic E-state index is 11.9. The van der Waals surface area contributed by atoms with Gasteiger partial charge in [0, 0.05) is 17.5 Å². The number of esters is 1. The number of rotatable bonds is 5. The number of aryl methyl sites for hydroxylation is 1. The van der Waals surface area contributed by atoms with Crippen LogP contribution in [0.2, 0.25) is 5.02 Å². The van der Waals surface area contributed by atoms with Crippen LogP contribution >= 0.6 is 11.6 Å². The fourth-order valence-electron chi connectivity index (χ4n) is 2.14. The van der Waals surface area contributed by atoms with E-state index in [1.54, 1.807) is 19.1 Å². The van der Waals surface area contributed by atoms with Crippen LogP contribution in [0, 0.1) is 6.92 Å². The molecule has 2 rings (SSSR count). The van der Waals surface area contributed by atoms with Crippen LogP contribution in [0.4, 0.5) is 5.69 Å². The minimum atomic E-state index is -0.678. The van der Waals surface area contributed by atoms with E-state index in [9.17, 15) is 14.4 Å². The van der Waals surface area contributed by atoms with Crippen molar-refractivity contribution < 1.29 is 23.9 Å². The van der Waals surface area contributed by atoms with Gasteiger partial charge in [0.1, 0.15) is 11.8 Å². The number of methoxy groups -OCH3 is 1. The average molecular weight is 341 g/mol. The summed E-state index contributed by atoms with van der Waals surface area (Å²) in [6.07, 6.45) is 0.663. The number of halogens is 1. The van der Waals surface area contributed by atoms with Crippen molar-refractivity contribution in [2.45, 2.75) is 25.8 Å². The second-order valence-corrected chi connectivity index (χ2v) is 5.52. The summed E-state index contributed by atoms with van der Waals surface area (Å²) in [6, 6.07) is 2.58. The van der Waals surface area contributed by atoms with E-state index in [1.165, 1.54) is 7.11 Å². The number of carbonyl (C=O) groups excluding carboxylic acids is 3. The van der Waals surface area contributed by atoms with E-state index in [2.05, 4.69) is 10.6 Å². The first-order chi connectivity index (χ1) is 10.9. The van der Waals surface area contributed by atoms with Crippen LogP contribution in [-0.2, 0) is 19.1 Å². The first kappa shape index (κ1) is 17.1. The lowest BCUT2D eigenvalue weighted by Crippen LogP contribution is -2.36.